The normalized spacial score (nSPS) is 21.4. The Labute approximate surface area is 210 Å². The number of aromatic nitrogens is 1. The summed E-state index contributed by atoms with van der Waals surface area (Å²) in [5.74, 6) is -3.33. The van der Waals surface area contributed by atoms with E-state index in [4.69, 9.17) is 14.2 Å². The second kappa shape index (κ2) is 10.8. The molecule has 8 heteroatoms. The van der Waals surface area contributed by atoms with E-state index in [1.165, 1.54) is 0 Å². The second-order valence-electron chi connectivity index (χ2n) is 8.61. The Hall–Kier alpha value is -3.94. The van der Waals surface area contributed by atoms with Gasteiger partial charge in [-0.2, -0.15) is 0 Å². The number of methoxy groups -OCH3 is 1. The van der Waals surface area contributed by atoms with E-state index in [1.807, 2.05) is 18.2 Å². The molecule has 0 spiro atoms. The summed E-state index contributed by atoms with van der Waals surface area (Å²) < 4.78 is 16.3. The van der Waals surface area contributed by atoms with Crippen LogP contribution in [0.25, 0.3) is 0 Å². The van der Waals surface area contributed by atoms with E-state index in [0.29, 0.717) is 40.4 Å². The zero-order chi connectivity index (χ0) is 25.8. The quantitative estimate of drug-likeness (QED) is 0.462. The van der Waals surface area contributed by atoms with Crippen molar-refractivity contribution in [2.45, 2.75) is 39.0 Å². The first kappa shape index (κ1) is 25.2. The first-order chi connectivity index (χ1) is 17.4. The summed E-state index contributed by atoms with van der Waals surface area (Å²) in [6.45, 7) is 5.54. The number of pyridine rings is 1. The van der Waals surface area contributed by atoms with Crippen molar-refractivity contribution in [3.63, 3.8) is 0 Å². The molecule has 0 fully saturated rings. The third-order valence-corrected chi connectivity index (χ3v) is 6.58. The van der Waals surface area contributed by atoms with E-state index in [1.54, 1.807) is 58.3 Å². The summed E-state index contributed by atoms with van der Waals surface area (Å²) in [7, 11) is 1.56. The van der Waals surface area contributed by atoms with E-state index in [-0.39, 0.29) is 13.2 Å². The van der Waals surface area contributed by atoms with Crippen LogP contribution in [0.1, 0.15) is 50.3 Å². The van der Waals surface area contributed by atoms with Crippen LogP contribution in [0.2, 0.25) is 0 Å². The lowest BCUT2D eigenvalue weighted by Crippen LogP contribution is -2.43. The molecule has 0 unspecified atom stereocenters. The number of nitrogens with zero attached hydrogens (tertiary/aromatic N) is 1. The number of rotatable bonds is 7. The number of esters is 2. The van der Waals surface area contributed by atoms with Gasteiger partial charge in [0.1, 0.15) is 11.7 Å². The van der Waals surface area contributed by atoms with Crippen molar-refractivity contribution in [1.82, 2.24) is 10.3 Å². The Balaban J connectivity index is 1.91. The SMILES string of the molecule is CCOC(=O)C1=C(C)NC2=C(C(=O)[C@@H](C(=O)OCC)[C@H](c3ccccc3OC)C2)[C@@H]1c1ccccn1. The molecule has 8 nitrogen and oxygen atoms in total. The molecule has 2 aromatic rings. The maximum Gasteiger partial charge on any atom is 0.336 e. The molecule has 0 bridgehead atoms. The molecule has 0 saturated carbocycles. The van der Waals surface area contributed by atoms with Gasteiger partial charge >= 0.3 is 11.9 Å². The standard InChI is InChI=1S/C28H30N2O6/c1-5-35-27(32)22-16(3)30-20-15-18(17-11-7-8-13-21(17)34-4)23(28(33)36-6-2)26(31)25(20)24(22)19-12-9-10-14-29-19/h7-14,18,23-24,30H,5-6,15H2,1-4H3/t18-,23-,24+/m0/s1. The Morgan fingerprint density at radius 3 is 2.44 bits per heavy atom. The van der Waals surface area contributed by atoms with Gasteiger partial charge < -0.3 is 19.5 Å². The zero-order valence-electron chi connectivity index (χ0n) is 20.9. The van der Waals surface area contributed by atoms with Crippen molar-refractivity contribution in [2.24, 2.45) is 5.92 Å². The van der Waals surface area contributed by atoms with Crippen LogP contribution >= 0.6 is 0 Å². The lowest BCUT2D eigenvalue weighted by atomic mass is 9.67. The summed E-state index contributed by atoms with van der Waals surface area (Å²) in [4.78, 5) is 45.0. The highest BCUT2D eigenvalue weighted by Gasteiger charge is 2.49. The smallest absolute Gasteiger partial charge is 0.336 e. The maximum absolute atomic E-state index is 14.2. The second-order valence-corrected chi connectivity index (χ2v) is 8.61. The van der Waals surface area contributed by atoms with Crippen molar-refractivity contribution in [1.29, 1.82) is 0 Å². The minimum Gasteiger partial charge on any atom is -0.496 e. The molecule has 188 valence electrons. The van der Waals surface area contributed by atoms with Gasteiger partial charge in [-0.1, -0.05) is 24.3 Å². The molecule has 0 radical (unpaired) electrons. The molecule has 1 aromatic carbocycles. The number of carbonyl (C=O) groups is 3. The molecule has 2 aliphatic rings. The fraction of sp³-hybridized carbons (Fsp3) is 0.357. The number of hydrogen-bond acceptors (Lipinski definition) is 8. The van der Waals surface area contributed by atoms with Crippen LogP contribution < -0.4 is 10.1 Å². The van der Waals surface area contributed by atoms with E-state index < -0.39 is 35.5 Å². The average molecular weight is 491 g/mol. The van der Waals surface area contributed by atoms with Crippen LogP contribution in [0.3, 0.4) is 0 Å². The minimum absolute atomic E-state index is 0.141. The summed E-state index contributed by atoms with van der Waals surface area (Å²) in [5, 5.41) is 3.28. The number of carbonyl (C=O) groups excluding carboxylic acids is 3. The van der Waals surface area contributed by atoms with Gasteiger partial charge in [0.25, 0.3) is 0 Å². The van der Waals surface area contributed by atoms with Crippen LogP contribution in [-0.4, -0.2) is 43.0 Å². The van der Waals surface area contributed by atoms with Gasteiger partial charge in [0.05, 0.1) is 37.5 Å². The largest absolute Gasteiger partial charge is 0.496 e. The summed E-state index contributed by atoms with van der Waals surface area (Å²) in [6.07, 6.45) is 1.96. The summed E-state index contributed by atoms with van der Waals surface area (Å²) >= 11 is 0. The predicted molar refractivity (Wildman–Crippen MR) is 132 cm³/mol. The summed E-state index contributed by atoms with van der Waals surface area (Å²) in [6, 6.07) is 12.7. The number of ketones is 1. The van der Waals surface area contributed by atoms with Gasteiger partial charge in [-0.3, -0.25) is 14.6 Å². The lowest BCUT2D eigenvalue weighted by molar-refractivity contribution is -0.152. The number of ether oxygens (including phenoxy) is 3. The van der Waals surface area contributed by atoms with Crippen molar-refractivity contribution in [3.05, 3.63) is 82.5 Å². The molecule has 1 aromatic heterocycles. The fourth-order valence-electron chi connectivity index (χ4n) is 5.12. The van der Waals surface area contributed by atoms with Crippen molar-refractivity contribution >= 4 is 17.7 Å². The van der Waals surface area contributed by atoms with Gasteiger partial charge in [-0.05, 0) is 51.0 Å². The van der Waals surface area contributed by atoms with Crippen molar-refractivity contribution in [3.8, 4) is 5.75 Å². The van der Waals surface area contributed by atoms with Crippen LogP contribution in [0.5, 0.6) is 5.75 Å². The summed E-state index contributed by atoms with van der Waals surface area (Å²) in [5.41, 5.74) is 3.15. The predicted octanol–water partition coefficient (Wildman–Crippen LogP) is 3.80. The van der Waals surface area contributed by atoms with Crippen LogP contribution in [0.15, 0.2) is 71.2 Å². The Morgan fingerprint density at radius 1 is 1.06 bits per heavy atom. The highest BCUT2D eigenvalue weighted by Crippen LogP contribution is 2.49. The minimum atomic E-state index is -1.10. The fourth-order valence-corrected chi connectivity index (χ4v) is 5.12. The van der Waals surface area contributed by atoms with Crippen LogP contribution in [0, 0.1) is 5.92 Å². The molecule has 0 saturated heterocycles. The molecule has 0 amide bonds. The van der Waals surface area contributed by atoms with Crippen molar-refractivity contribution < 1.29 is 28.6 Å². The average Bonchev–Trinajstić information content (AvgIpc) is 2.88. The zero-order valence-corrected chi connectivity index (χ0v) is 20.9. The number of dihydropyridines is 1. The Morgan fingerprint density at radius 2 is 1.78 bits per heavy atom. The van der Waals surface area contributed by atoms with Gasteiger partial charge in [0, 0.05) is 29.1 Å². The molecule has 3 atom stereocenters. The van der Waals surface area contributed by atoms with Gasteiger partial charge in [0.2, 0.25) is 0 Å². The Bertz CT molecular complexity index is 1230. The van der Waals surface area contributed by atoms with Crippen LogP contribution in [0.4, 0.5) is 0 Å². The molecule has 36 heavy (non-hydrogen) atoms. The number of Topliss-reactive ketones (excluding diaryl/α,β-unsaturated/α-hetero) is 1. The molecule has 4 rings (SSSR count). The molecular weight excluding hydrogens is 460 g/mol. The third kappa shape index (κ3) is 4.51. The van der Waals surface area contributed by atoms with Gasteiger partial charge in [-0.25, -0.2) is 4.79 Å². The molecular formula is C28H30N2O6. The topological polar surface area (TPSA) is 104 Å². The number of para-hydroxylation sites is 1. The van der Waals surface area contributed by atoms with Crippen LogP contribution in [-0.2, 0) is 23.9 Å². The highest BCUT2D eigenvalue weighted by molar-refractivity contribution is 6.13. The van der Waals surface area contributed by atoms with E-state index >= 15 is 0 Å². The molecule has 1 aliphatic heterocycles. The monoisotopic (exact) mass is 490 g/mol. The number of nitrogens with one attached hydrogen (secondary N) is 1. The maximum atomic E-state index is 14.2. The molecule has 1 N–H and O–H groups in total. The molecule has 1 aliphatic carbocycles. The molecule has 2 heterocycles. The van der Waals surface area contributed by atoms with E-state index in [0.717, 1.165) is 5.56 Å². The van der Waals surface area contributed by atoms with E-state index in [9.17, 15) is 14.4 Å². The van der Waals surface area contributed by atoms with Gasteiger partial charge in [0.15, 0.2) is 5.78 Å². The third-order valence-electron chi connectivity index (χ3n) is 6.58. The van der Waals surface area contributed by atoms with Gasteiger partial charge in [-0.15, -0.1) is 0 Å². The van der Waals surface area contributed by atoms with E-state index in [2.05, 4.69) is 10.3 Å². The first-order valence-electron chi connectivity index (χ1n) is 12.0. The highest BCUT2D eigenvalue weighted by atomic mass is 16.5. The van der Waals surface area contributed by atoms with Crippen molar-refractivity contribution in [2.75, 3.05) is 20.3 Å². The lowest BCUT2D eigenvalue weighted by Gasteiger charge is -2.39. The first-order valence-corrected chi connectivity index (χ1v) is 12.0. The number of allylic oxidation sites excluding steroid dienone is 3. The number of hydrogen-bond donors (Lipinski definition) is 1. The Kier molecular flexibility index (Phi) is 7.52. The number of benzene rings is 1.